The number of nitrogens with one attached hydrogen (secondary N) is 1. The number of allylic oxidation sites excluding steroid dienone is 1. The Balaban J connectivity index is 2.28. The van der Waals surface area contributed by atoms with E-state index in [0.29, 0.717) is 0 Å². The van der Waals surface area contributed by atoms with Gasteiger partial charge in [0.1, 0.15) is 5.82 Å². The highest BCUT2D eigenvalue weighted by molar-refractivity contribution is 5.56. The van der Waals surface area contributed by atoms with Crippen molar-refractivity contribution in [1.82, 2.24) is 4.98 Å². The predicted molar refractivity (Wildman–Crippen MR) is 76.5 cm³/mol. The van der Waals surface area contributed by atoms with Gasteiger partial charge in [0, 0.05) is 17.4 Å². The van der Waals surface area contributed by atoms with Crippen molar-refractivity contribution in [2.75, 3.05) is 5.32 Å². The lowest BCUT2D eigenvalue weighted by Gasteiger charge is -2.20. The van der Waals surface area contributed by atoms with Crippen LogP contribution in [0.3, 0.4) is 0 Å². The summed E-state index contributed by atoms with van der Waals surface area (Å²) in [5, 5.41) is 3.43. The molecule has 0 amide bonds. The van der Waals surface area contributed by atoms with Gasteiger partial charge in [0.05, 0.1) is 0 Å². The molecule has 1 atom stereocenters. The molecule has 18 heavy (non-hydrogen) atoms. The molecule has 0 bridgehead atoms. The Morgan fingerprint density at radius 1 is 1.28 bits per heavy atom. The predicted octanol–water partition coefficient (Wildman–Crippen LogP) is 2.98. The lowest BCUT2D eigenvalue weighted by atomic mass is 10.0. The summed E-state index contributed by atoms with van der Waals surface area (Å²) in [6.45, 7) is 8.31. The second-order valence-electron chi connectivity index (χ2n) is 5.05. The van der Waals surface area contributed by atoms with Gasteiger partial charge >= 0.3 is 0 Å². The van der Waals surface area contributed by atoms with E-state index in [4.69, 9.17) is 5.73 Å². The topological polar surface area (TPSA) is 50.9 Å². The van der Waals surface area contributed by atoms with E-state index in [1.54, 1.807) is 0 Å². The smallest absolute Gasteiger partial charge is 0.133 e. The second-order valence-corrected chi connectivity index (χ2v) is 5.05. The number of nitrogens with two attached hydrogens (primary N) is 1. The molecule has 0 radical (unpaired) electrons. The lowest BCUT2D eigenvalue weighted by Crippen LogP contribution is -2.21. The van der Waals surface area contributed by atoms with Gasteiger partial charge in [0.2, 0.25) is 0 Å². The van der Waals surface area contributed by atoms with Gasteiger partial charge < -0.3 is 11.1 Å². The van der Waals surface area contributed by atoms with Crippen molar-refractivity contribution in [3.8, 4) is 0 Å². The lowest BCUT2D eigenvalue weighted by molar-refractivity contribution is 0.807. The quantitative estimate of drug-likeness (QED) is 0.839. The van der Waals surface area contributed by atoms with Crippen LogP contribution in [0.5, 0.6) is 0 Å². The molecule has 1 heterocycles. The van der Waals surface area contributed by atoms with Gasteiger partial charge in [-0.25, -0.2) is 4.98 Å². The van der Waals surface area contributed by atoms with Crippen LogP contribution in [0, 0.1) is 20.8 Å². The van der Waals surface area contributed by atoms with E-state index in [0.717, 1.165) is 23.6 Å². The van der Waals surface area contributed by atoms with Crippen LogP contribution in [-0.4, -0.2) is 11.0 Å². The zero-order chi connectivity index (χ0) is 13.3. The molecule has 0 saturated carbocycles. The molecular formula is C15H21N3. The standard InChI is InChI=1S/C15H21N3/c1-9-7-11(3)17-15(12(9)4)18-14-6-5-13(16)8-10(14)2/h6-8,13H,5,16H2,1-4H3,(H,17,18). The Morgan fingerprint density at radius 3 is 2.67 bits per heavy atom. The molecule has 1 unspecified atom stereocenters. The maximum absolute atomic E-state index is 5.89. The fraction of sp³-hybridized carbons (Fsp3) is 0.400. The number of aryl methyl sites for hydroxylation is 2. The van der Waals surface area contributed by atoms with Crippen LogP contribution >= 0.6 is 0 Å². The van der Waals surface area contributed by atoms with Crippen molar-refractivity contribution in [2.45, 2.75) is 40.2 Å². The number of hydrogen-bond acceptors (Lipinski definition) is 3. The minimum atomic E-state index is 0.142. The largest absolute Gasteiger partial charge is 0.340 e. The number of aromatic nitrogens is 1. The summed E-state index contributed by atoms with van der Waals surface area (Å²) in [6.07, 6.45) is 5.13. The third-order valence-electron chi connectivity index (χ3n) is 3.40. The van der Waals surface area contributed by atoms with Crippen LogP contribution in [-0.2, 0) is 0 Å². The minimum absolute atomic E-state index is 0.142. The first-order valence-electron chi connectivity index (χ1n) is 6.34. The summed E-state index contributed by atoms with van der Waals surface area (Å²) < 4.78 is 0. The normalized spacial score (nSPS) is 19.3. The SMILES string of the molecule is CC1=CC(N)CC=C1Nc1nc(C)cc(C)c1C. The molecule has 1 aromatic heterocycles. The zero-order valence-electron chi connectivity index (χ0n) is 11.5. The van der Waals surface area contributed by atoms with Gasteiger partial charge in [-0.2, -0.15) is 0 Å². The number of pyridine rings is 1. The fourth-order valence-corrected chi connectivity index (χ4v) is 2.19. The van der Waals surface area contributed by atoms with E-state index >= 15 is 0 Å². The first-order valence-corrected chi connectivity index (χ1v) is 6.34. The van der Waals surface area contributed by atoms with E-state index in [2.05, 4.69) is 49.3 Å². The van der Waals surface area contributed by atoms with Gasteiger partial charge in [0.15, 0.2) is 0 Å². The Morgan fingerprint density at radius 2 is 2.00 bits per heavy atom. The van der Waals surface area contributed by atoms with E-state index in [1.807, 2.05) is 6.92 Å². The number of nitrogens with zero attached hydrogens (tertiary/aromatic N) is 1. The molecule has 3 N–H and O–H groups in total. The van der Waals surface area contributed by atoms with E-state index in [-0.39, 0.29) is 6.04 Å². The Bertz CT molecular complexity index is 527. The van der Waals surface area contributed by atoms with E-state index < -0.39 is 0 Å². The van der Waals surface area contributed by atoms with Crippen LogP contribution in [0.4, 0.5) is 5.82 Å². The average molecular weight is 243 g/mol. The summed E-state index contributed by atoms with van der Waals surface area (Å²) in [5.41, 5.74) is 11.7. The van der Waals surface area contributed by atoms with E-state index in [9.17, 15) is 0 Å². The highest BCUT2D eigenvalue weighted by Crippen LogP contribution is 2.23. The first kappa shape index (κ1) is 12.8. The molecule has 96 valence electrons. The Kier molecular flexibility index (Phi) is 3.53. The number of rotatable bonds is 2. The summed E-state index contributed by atoms with van der Waals surface area (Å²) in [5.74, 6) is 0.946. The van der Waals surface area contributed by atoms with E-state index in [1.165, 1.54) is 16.7 Å². The maximum atomic E-state index is 5.89. The van der Waals surface area contributed by atoms with Crippen molar-refractivity contribution in [3.63, 3.8) is 0 Å². The van der Waals surface area contributed by atoms with Crippen molar-refractivity contribution in [3.05, 3.63) is 46.3 Å². The number of anilines is 1. The Labute approximate surface area is 109 Å². The first-order chi connectivity index (χ1) is 8.47. The second kappa shape index (κ2) is 4.94. The maximum Gasteiger partial charge on any atom is 0.133 e. The molecule has 0 spiro atoms. The minimum Gasteiger partial charge on any atom is -0.340 e. The van der Waals surface area contributed by atoms with Gasteiger partial charge in [-0.15, -0.1) is 0 Å². The van der Waals surface area contributed by atoms with Crippen LogP contribution in [0.25, 0.3) is 0 Å². The fourth-order valence-electron chi connectivity index (χ4n) is 2.19. The number of hydrogen-bond donors (Lipinski definition) is 2. The molecule has 1 aliphatic rings. The molecule has 3 heteroatoms. The van der Waals surface area contributed by atoms with Crippen molar-refractivity contribution in [1.29, 1.82) is 0 Å². The van der Waals surface area contributed by atoms with Gasteiger partial charge in [-0.05, 0) is 56.9 Å². The average Bonchev–Trinajstić information content (AvgIpc) is 2.29. The molecule has 1 aromatic rings. The third kappa shape index (κ3) is 2.62. The molecule has 0 saturated heterocycles. The molecule has 0 aromatic carbocycles. The Hall–Kier alpha value is -1.61. The monoisotopic (exact) mass is 243 g/mol. The van der Waals surface area contributed by atoms with Gasteiger partial charge in [-0.3, -0.25) is 0 Å². The van der Waals surface area contributed by atoms with Crippen LogP contribution in [0.2, 0.25) is 0 Å². The molecule has 0 fully saturated rings. The van der Waals surface area contributed by atoms with Crippen molar-refractivity contribution in [2.24, 2.45) is 5.73 Å². The summed E-state index contributed by atoms with van der Waals surface area (Å²) in [6, 6.07) is 2.25. The molecule has 1 aliphatic carbocycles. The molecule has 3 nitrogen and oxygen atoms in total. The van der Waals surface area contributed by atoms with Crippen LogP contribution < -0.4 is 11.1 Å². The summed E-state index contributed by atoms with van der Waals surface area (Å²) in [7, 11) is 0. The van der Waals surface area contributed by atoms with Crippen LogP contribution in [0.1, 0.15) is 30.2 Å². The summed E-state index contributed by atoms with van der Waals surface area (Å²) in [4.78, 5) is 4.57. The van der Waals surface area contributed by atoms with Gasteiger partial charge in [-0.1, -0.05) is 12.2 Å². The molecular weight excluding hydrogens is 222 g/mol. The highest BCUT2D eigenvalue weighted by Gasteiger charge is 2.12. The highest BCUT2D eigenvalue weighted by atomic mass is 15.0. The zero-order valence-corrected chi connectivity index (χ0v) is 11.5. The molecule has 2 rings (SSSR count). The summed E-state index contributed by atoms with van der Waals surface area (Å²) >= 11 is 0. The third-order valence-corrected chi connectivity index (χ3v) is 3.40. The van der Waals surface area contributed by atoms with Gasteiger partial charge in [0.25, 0.3) is 0 Å². The molecule has 0 aliphatic heterocycles. The van der Waals surface area contributed by atoms with Crippen molar-refractivity contribution < 1.29 is 0 Å². The van der Waals surface area contributed by atoms with Crippen molar-refractivity contribution >= 4 is 5.82 Å². The van der Waals surface area contributed by atoms with Crippen LogP contribution in [0.15, 0.2) is 29.5 Å².